The molecule has 0 radical (unpaired) electrons. The number of nitrogens with one attached hydrogen (secondary N) is 1. The highest BCUT2D eigenvalue weighted by Crippen LogP contribution is 2.40. The molecule has 1 saturated carbocycles. The lowest BCUT2D eigenvalue weighted by molar-refractivity contribution is 0.253. The Bertz CT molecular complexity index is 1090. The monoisotopic (exact) mass is 441 g/mol. The third-order valence-corrected chi connectivity index (χ3v) is 6.24. The van der Waals surface area contributed by atoms with Crippen LogP contribution in [0.2, 0.25) is 0 Å². The number of anilines is 1. The molecular weight excluding hydrogens is 406 g/mol. The summed E-state index contributed by atoms with van der Waals surface area (Å²) in [5.74, 6) is 1.69. The molecule has 2 aromatic rings. The Morgan fingerprint density at radius 1 is 1.24 bits per heavy atom. The van der Waals surface area contributed by atoms with Gasteiger partial charge in [-0.3, -0.25) is 0 Å². The third kappa shape index (κ3) is 4.61. The van der Waals surface area contributed by atoms with Gasteiger partial charge in [0.05, 0.1) is 5.69 Å². The van der Waals surface area contributed by atoms with Crippen LogP contribution in [0, 0.1) is 0 Å². The van der Waals surface area contributed by atoms with Crippen molar-refractivity contribution in [1.82, 2.24) is 10.4 Å². The molecule has 4 rings (SSSR count). The van der Waals surface area contributed by atoms with Crippen molar-refractivity contribution in [2.24, 2.45) is 10.7 Å². The summed E-state index contributed by atoms with van der Waals surface area (Å²) in [7, 11) is 1.89. The van der Waals surface area contributed by atoms with Crippen LogP contribution in [0.4, 0.5) is 5.82 Å². The van der Waals surface area contributed by atoms with Gasteiger partial charge in [-0.2, -0.15) is 0 Å². The minimum atomic E-state index is -0.167. The zero-order chi connectivity index (χ0) is 24.0. The molecule has 0 amide bonds. The van der Waals surface area contributed by atoms with Gasteiger partial charge in [-0.25, -0.2) is 20.4 Å². The number of aliphatic imine (C=N–C) groups is 1. The van der Waals surface area contributed by atoms with Gasteiger partial charge in [0.2, 0.25) is 0 Å². The molecule has 172 valence electrons. The van der Waals surface area contributed by atoms with E-state index in [2.05, 4.69) is 79.6 Å². The van der Waals surface area contributed by atoms with Gasteiger partial charge < -0.3 is 5.73 Å². The molecule has 0 unspecified atom stereocenters. The van der Waals surface area contributed by atoms with Crippen molar-refractivity contribution >= 4 is 17.6 Å². The molecule has 1 fully saturated rings. The fourth-order valence-corrected chi connectivity index (χ4v) is 4.27. The molecule has 1 aromatic heterocycles. The molecule has 5 heteroatoms. The molecule has 5 nitrogen and oxygen atoms in total. The minimum Gasteiger partial charge on any atom is -0.321 e. The van der Waals surface area contributed by atoms with Crippen molar-refractivity contribution in [1.29, 1.82) is 0 Å². The molecule has 3 N–H and O–H groups in total. The number of pyridine rings is 1. The van der Waals surface area contributed by atoms with Gasteiger partial charge in [0.1, 0.15) is 5.82 Å². The van der Waals surface area contributed by atoms with Crippen molar-refractivity contribution in [3.05, 3.63) is 90.8 Å². The number of nitrogens with two attached hydrogens (primary N) is 1. The SMILES string of the molecule is C=C.C=C/C(=C\C)c1cc2c(nc1-c1ccc(C3(N)CCC3)cc1)N(NC)/C(=C\CC)N=C2. The van der Waals surface area contributed by atoms with Gasteiger partial charge >= 0.3 is 0 Å². The maximum Gasteiger partial charge on any atom is 0.158 e. The number of benzene rings is 1. The Labute approximate surface area is 198 Å². The van der Waals surface area contributed by atoms with Crippen LogP contribution in [0.15, 0.2) is 79.1 Å². The van der Waals surface area contributed by atoms with Gasteiger partial charge in [-0.05, 0) is 55.9 Å². The zero-order valence-electron chi connectivity index (χ0n) is 20.1. The van der Waals surface area contributed by atoms with Crippen molar-refractivity contribution < 1.29 is 0 Å². The van der Waals surface area contributed by atoms with Gasteiger partial charge in [0.25, 0.3) is 0 Å². The van der Waals surface area contributed by atoms with Gasteiger partial charge in [0, 0.05) is 35.5 Å². The summed E-state index contributed by atoms with van der Waals surface area (Å²) in [6, 6.07) is 10.7. The van der Waals surface area contributed by atoms with Crippen LogP contribution in [0.5, 0.6) is 0 Å². The number of hydrogen-bond acceptors (Lipinski definition) is 5. The Hall–Kier alpha value is -3.28. The number of allylic oxidation sites excluding steroid dienone is 4. The number of rotatable bonds is 6. The second kappa shape index (κ2) is 10.6. The Morgan fingerprint density at radius 3 is 2.45 bits per heavy atom. The lowest BCUT2D eigenvalue weighted by Crippen LogP contribution is -2.43. The fraction of sp³-hybridized carbons (Fsp3) is 0.286. The van der Waals surface area contributed by atoms with E-state index in [9.17, 15) is 0 Å². The molecular formula is C28H35N5. The summed E-state index contributed by atoms with van der Waals surface area (Å²) < 4.78 is 0. The average molecular weight is 442 g/mol. The van der Waals surface area contributed by atoms with Gasteiger partial charge in [-0.15, -0.1) is 13.2 Å². The zero-order valence-corrected chi connectivity index (χ0v) is 20.1. The molecule has 0 bridgehead atoms. The highest BCUT2D eigenvalue weighted by atomic mass is 15.6. The molecule has 1 aliphatic carbocycles. The molecule has 0 spiro atoms. The number of aromatic nitrogens is 1. The summed E-state index contributed by atoms with van der Waals surface area (Å²) in [6.07, 6.45) is 12.1. The fourth-order valence-electron chi connectivity index (χ4n) is 4.27. The van der Waals surface area contributed by atoms with Crippen LogP contribution >= 0.6 is 0 Å². The van der Waals surface area contributed by atoms with E-state index < -0.39 is 0 Å². The molecule has 2 heterocycles. The average Bonchev–Trinajstić information content (AvgIpc) is 2.84. The Balaban J connectivity index is 0.00000149. The summed E-state index contributed by atoms with van der Waals surface area (Å²) in [5, 5.41) is 1.94. The first kappa shape index (κ1) is 24.4. The number of hydrogen-bond donors (Lipinski definition) is 2. The highest BCUT2D eigenvalue weighted by molar-refractivity contribution is 5.95. The maximum atomic E-state index is 6.53. The molecule has 2 aliphatic rings. The standard InChI is InChI=1S/C26H31N5.C2H4/c1-5-9-23-29-17-20-16-22(18(6-2)7-3)24(30-25(20)31(23)28-4)19-10-12-21(13-11-19)26(27)14-8-15-26;1-2/h6-7,9-13,16-17,28H,2,5,8,14-15,27H2,1,3-4H3;1-2H2/b18-7+,23-9-;. The van der Waals surface area contributed by atoms with E-state index in [-0.39, 0.29) is 5.54 Å². The van der Waals surface area contributed by atoms with E-state index in [4.69, 9.17) is 10.7 Å². The first-order chi connectivity index (χ1) is 16.0. The summed E-state index contributed by atoms with van der Waals surface area (Å²) in [6.45, 7) is 14.1. The summed E-state index contributed by atoms with van der Waals surface area (Å²) in [5.41, 5.74) is 15.8. The molecule has 0 saturated heterocycles. The number of hydrazine groups is 1. The molecule has 33 heavy (non-hydrogen) atoms. The topological polar surface area (TPSA) is 66.5 Å². The number of nitrogens with zero attached hydrogens (tertiary/aromatic N) is 3. The first-order valence-corrected chi connectivity index (χ1v) is 11.5. The quantitative estimate of drug-likeness (QED) is 0.420. The van der Waals surface area contributed by atoms with Crippen LogP contribution in [0.3, 0.4) is 0 Å². The molecule has 0 atom stereocenters. The molecule has 1 aliphatic heterocycles. The normalized spacial score (nSPS) is 17.6. The van der Waals surface area contributed by atoms with Crippen molar-refractivity contribution in [2.45, 2.75) is 45.1 Å². The third-order valence-electron chi connectivity index (χ3n) is 6.24. The highest BCUT2D eigenvalue weighted by Gasteiger charge is 2.34. The van der Waals surface area contributed by atoms with Crippen molar-refractivity contribution in [3.63, 3.8) is 0 Å². The van der Waals surface area contributed by atoms with E-state index in [0.717, 1.165) is 58.9 Å². The van der Waals surface area contributed by atoms with Crippen LogP contribution in [-0.4, -0.2) is 18.2 Å². The van der Waals surface area contributed by atoms with E-state index in [1.807, 2.05) is 31.3 Å². The predicted octanol–water partition coefficient (Wildman–Crippen LogP) is 6.10. The van der Waals surface area contributed by atoms with E-state index >= 15 is 0 Å². The van der Waals surface area contributed by atoms with Gasteiger partial charge in [-0.1, -0.05) is 49.9 Å². The van der Waals surface area contributed by atoms with Crippen LogP contribution in [-0.2, 0) is 5.54 Å². The van der Waals surface area contributed by atoms with Crippen LogP contribution < -0.4 is 16.2 Å². The van der Waals surface area contributed by atoms with Crippen LogP contribution in [0.25, 0.3) is 16.8 Å². The van der Waals surface area contributed by atoms with Gasteiger partial charge in [0.15, 0.2) is 5.82 Å². The van der Waals surface area contributed by atoms with E-state index in [1.165, 1.54) is 12.0 Å². The summed E-state index contributed by atoms with van der Waals surface area (Å²) >= 11 is 0. The van der Waals surface area contributed by atoms with E-state index in [0.29, 0.717) is 0 Å². The van der Waals surface area contributed by atoms with E-state index in [1.54, 1.807) is 0 Å². The van der Waals surface area contributed by atoms with Crippen molar-refractivity contribution in [2.75, 3.05) is 12.1 Å². The number of fused-ring (bicyclic) bond motifs is 1. The second-order valence-electron chi connectivity index (χ2n) is 8.12. The minimum absolute atomic E-state index is 0.167. The molecule has 1 aromatic carbocycles. The Morgan fingerprint density at radius 2 is 1.94 bits per heavy atom. The lowest BCUT2D eigenvalue weighted by atomic mass is 9.72. The first-order valence-electron chi connectivity index (χ1n) is 11.5. The summed E-state index contributed by atoms with van der Waals surface area (Å²) in [4.78, 5) is 9.74. The van der Waals surface area contributed by atoms with Crippen molar-refractivity contribution in [3.8, 4) is 11.3 Å². The smallest absolute Gasteiger partial charge is 0.158 e. The lowest BCUT2D eigenvalue weighted by Gasteiger charge is -2.38. The Kier molecular flexibility index (Phi) is 7.79. The predicted molar refractivity (Wildman–Crippen MR) is 142 cm³/mol. The second-order valence-corrected chi connectivity index (χ2v) is 8.12. The maximum absolute atomic E-state index is 6.53. The van der Waals surface area contributed by atoms with Crippen LogP contribution in [0.1, 0.15) is 56.2 Å². The largest absolute Gasteiger partial charge is 0.321 e.